The molecule has 50 valence electrons. The van der Waals surface area contributed by atoms with Crippen molar-refractivity contribution < 1.29 is 4.42 Å². The number of aromatic nitrogens is 6. The SMILES string of the molecule is c1nnc(-n2cnnn2)o1. The molecule has 0 radical (unpaired) electrons. The normalized spacial score (nSPS) is 10.0. The highest BCUT2D eigenvalue weighted by Crippen LogP contribution is 1.94. The number of hydrogen-bond donors (Lipinski definition) is 0. The van der Waals surface area contributed by atoms with E-state index in [1.807, 2.05) is 0 Å². The van der Waals surface area contributed by atoms with Crippen LogP contribution in [-0.2, 0) is 0 Å². The van der Waals surface area contributed by atoms with Gasteiger partial charge >= 0.3 is 6.01 Å². The lowest BCUT2D eigenvalue weighted by molar-refractivity contribution is 0.502. The molecular formula is C3H2N6O. The molecule has 0 aliphatic heterocycles. The summed E-state index contributed by atoms with van der Waals surface area (Å²) in [7, 11) is 0. The zero-order chi connectivity index (χ0) is 6.81. The molecule has 0 aromatic carbocycles. The molecule has 0 amide bonds. The fourth-order valence-corrected chi connectivity index (χ4v) is 0.516. The second-order valence-electron chi connectivity index (χ2n) is 1.48. The predicted molar refractivity (Wildman–Crippen MR) is 27.0 cm³/mol. The summed E-state index contributed by atoms with van der Waals surface area (Å²) in [5.41, 5.74) is 0. The van der Waals surface area contributed by atoms with Gasteiger partial charge < -0.3 is 4.42 Å². The van der Waals surface area contributed by atoms with E-state index < -0.39 is 0 Å². The van der Waals surface area contributed by atoms with E-state index >= 15 is 0 Å². The van der Waals surface area contributed by atoms with Gasteiger partial charge in [0.2, 0.25) is 6.39 Å². The zero-order valence-corrected chi connectivity index (χ0v) is 4.75. The first-order valence-corrected chi connectivity index (χ1v) is 2.46. The molecule has 2 aromatic heterocycles. The molecule has 0 bridgehead atoms. The van der Waals surface area contributed by atoms with Crippen LogP contribution in [0.25, 0.3) is 6.01 Å². The molecular weight excluding hydrogens is 136 g/mol. The van der Waals surface area contributed by atoms with Crippen molar-refractivity contribution in [2.24, 2.45) is 0 Å². The highest BCUT2D eigenvalue weighted by molar-refractivity contribution is 4.93. The maximum absolute atomic E-state index is 4.78. The molecule has 0 N–H and O–H groups in total. The minimum atomic E-state index is 0.255. The van der Waals surface area contributed by atoms with Crippen LogP contribution in [0.1, 0.15) is 0 Å². The maximum Gasteiger partial charge on any atom is 0.346 e. The minimum absolute atomic E-state index is 0.255. The third-order valence-electron chi connectivity index (χ3n) is 0.894. The molecule has 7 heteroatoms. The van der Waals surface area contributed by atoms with Crippen molar-refractivity contribution in [2.45, 2.75) is 0 Å². The van der Waals surface area contributed by atoms with Crippen molar-refractivity contribution in [1.29, 1.82) is 0 Å². The molecule has 0 spiro atoms. The quantitative estimate of drug-likeness (QED) is 0.505. The van der Waals surface area contributed by atoms with Gasteiger partial charge in [-0.15, -0.1) is 14.9 Å². The number of hydrogen-bond acceptors (Lipinski definition) is 6. The first kappa shape index (κ1) is 5.03. The Morgan fingerprint density at radius 3 is 3.00 bits per heavy atom. The van der Waals surface area contributed by atoms with Gasteiger partial charge in [0.15, 0.2) is 0 Å². The summed E-state index contributed by atoms with van der Waals surface area (Å²) in [4.78, 5) is 0. The molecule has 0 aliphatic rings. The summed E-state index contributed by atoms with van der Waals surface area (Å²) in [6.45, 7) is 0. The fourth-order valence-electron chi connectivity index (χ4n) is 0.516. The summed E-state index contributed by atoms with van der Waals surface area (Å²) < 4.78 is 6.05. The zero-order valence-electron chi connectivity index (χ0n) is 4.75. The van der Waals surface area contributed by atoms with Gasteiger partial charge in [0.05, 0.1) is 0 Å². The van der Waals surface area contributed by atoms with E-state index in [2.05, 4.69) is 25.7 Å². The second kappa shape index (κ2) is 1.87. The van der Waals surface area contributed by atoms with Gasteiger partial charge in [-0.1, -0.05) is 5.10 Å². The molecule has 7 nitrogen and oxygen atoms in total. The lowest BCUT2D eigenvalue weighted by Gasteiger charge is -1.83. The molecule has 2 aromatic rings. The molecule has 0 unspecified atom stereocenters. The average molecular weight is 138 g/mol. The smallest absolute Gasteiger partial charge is 0.346 e. The summed E-state index contributed by atoms with van der Waals surface area (Å²) >= 11 is 0. The topological polar surface area (TPSA) is 82.5 Å². The van der Waals surface area contributed by atoms with Crippen LogP contribution in [0.2, 0.25) is 0 Å². The van der Waals surface area contributed by atoms with Gasteiger partial charge in [-0.25, -0.2) is 0 Å². The molecule has 2 heterocycles. The molecule has 0 atom stereocenters. The molecule has 0 saturated heterocycles. The Bertz CT molecular complexity index is 252. The van der Waals surface area contributed by atoms with Crippen LogP contribution in [0.3, 0.4) is 0 Å². The summed E-state index contributed by atoms with van der Waals surface area (Å²) in [6, 6.07) is 0.255. The third kappa shape index (κ3) is 0.642. The Hall–Kier alpha value is -1.79. The fraction of sp³-hybridized carbons (Fsp3) is 0. The Balaban J connectivity index is 2.48. The van der Waals surface area contributed by atoms with E-state index in [0.29, 0.717) is 0 Å². The van der Waals surface area contributed by atoms with E-state index in [-0.39, 0.29) is 6.01 Å². The van der Waals surface area contributed by atoms with E-state index in [0.717, 1.165) is 0 Å². The monoisotopic (exact) mass is 138 g/mol. The van der Waals surface area contributed by atoms with Crippen LogP contribution in [0.15, 0.2) is 17.1 Å². The number of tetrazole rings is 1. The van der Waals surface area contributed by atoms with Crippen molar-refractivity contribution in [3.05, 3.63) is 12.7 Å². The van der Waals surface area contributed by atoms with Crippen LogP contribution in [0.4, 0.5) is 0 Å². The molecule has 10 heavy (non-hydrogen) atoms. The van der Waals surface area contributed by atoms with Crippen molar-refractivity contribution in [3.63, 3.8) is 0 Å². The van der Waals surface area contributed by atoms with Crippen LogP contribution in [0, 0.1) is 0 Å². The van der Waals surface area contributed by atoms with Gasteiger partial charge in [-0.2, -0.15) is 0 Å². The Kier molecular flexibility index (Phi) is 0.938. The minimum Gasteiger partial charge on any atom is -0.409 e. The third-order valence-corrected chi connectivity index (χ3v) is 0.894. The Labute approximate surface area is 54.7 Å². The van der Waals surface area contributed by atoms with E-state index in [1.165, 1.54) is 17.4 Å². The van der Waals surface area contributed by atoms with Crippen LogP contribution in [-0.4, -0.2) is 30.4 Å². The van der Waals surface area contributed by atoms with Gasteiger partial charge in [0.1, 0.15) is 6.33 Å². The van der Waals surface area contributed by atoms with Crippen molar-refractivity contribution in [3.8, 4) is 6.01 Å². The second-order valence-corrected chi connectivity index (χ2v) is 1.48. The highest BCUT2D eigenvalue weighted by atomic mass is 16.4. The van der Waals surface area contributed by atoms with Gasteiger partial charge in [0, 0.05) is 0 Å². The van der Waals surface area contributed by atoms with E-state index in [9.17, 15) is 0 Å². The Morgan fingerprint density at radius 1 is 1.40 bits per heavy atom. The van der Waals surface area contributed by atoms with Crippen molar-refractivity contribution in [1.82, 2.24) is 30.4 Å². The van der Waals surface area contributed by atoms with E-state index in [1.54, 1.807) is 0 Å². The van der Waals surface area contributed by atoms with Gasteiger partial charge in [-0.05, 0) is 10.4 Å². The predicted octanol–water partition coefficient (Wildman–Crippen LogP) is -0.955. The van der Waals surface area contributed by atoms with Gasteiger partial charge in [-0.3, -0.25) is 0 Å². The van der Waals surface area contributed by atoms with Gasteiger partial charge in [0.25, 0.3) is 0 Å². The molecule has 0 fully saturated rings. The van der Waals surface area contributed by atoms with Crippen LogP contribution in [0.5, 0.6) is 0 Å². The van der Waals surface area contributed by atoms with Crippen LogP contribution < -0.4 is 0 Å². The lowest BCUT2D eigenvalue weighted by Crippen LogP contribution is -1.94. The average Bonchev–Trinajstić information content (AvgIpc) is 2.59. The first-order valence-electron chi connectivity index (χ1n) is 2.46. The highest BCUT2D eigenvalue weighted by Gasteiger charge is 2.00. The standard InChI is InChI=1S/C3H2N6O/c1-4-7-8-9(1)3-6-5-2-10-3/h1-2H. The van der Waals surface area contributed by atoms with Crippen LogP contribution >= 0.6 is 0 Å². The maximum atomic E-state index is 4.78. The lowest BCUT2D eigenvalue weighted by atomic mass is 11.1. The summed E-state index contributed by atoms with van der Waals surface area (Å²) in [6.07, 6.45) is 2.57. The summed E-state index contributed by atoms with van der Waals surface area (Å²) in [5, 5.41) is 17.3. The number of rotatable bonds is 1. The number of nitrogens with zero attached hydrogens (tertiary/aromatic N) is 6. The molecule has 0 aliphatic carbocycles. The largest absolute Gasteiger partial charge is 0.409 e. The molecule has 2 rings (SSSR count). The van der Waals surface area contributed by atoms with Crippen molar-refractivity contribution in [2.75, 3.05) is 0 Å². The van der Waals surface area contributed by atoms with Crippen molar-refractivity contribution >= 4 is 0 Å². The van der Waals surface area contributed by atoms with E-state index in [4.69, 9.17) is 4.42 Å². The molecule has 0 saturated carbocycles. The first-order chi connectivity index (χ1) is 4.97. The Morgan fingerprint density at radius 2 is 2.40 bits per heavy atom. The summed E-state index contributed by atoms with van der Waals surface area (Å²) in [5.74, 6) is 0.